The number of hydrogen-bond donors (Lipinski definition) is 0. The van der Waals surface area contributed by atoms with Gasteiger partial charge in [-0.1, -0.05) is 153 Å². The second kappa shape index (κ2) is 12.7. The first kappa shape index (κ1) is 33.5. The molecule has 5 heteroatoms. The van der Waals surface area contributed by atoms with Gasteiger partial charge in [-0.2, -0.15) is 0 Å². The van der Waals surface area contributed by atoms with E-state index >= 15 is 0 Å². The van der Waals surface area contributed by atoms with Gasteiger partial charge >= 0.3 is 0 Å². The van der Waals surface area contributed by atoms with Crippen molar-refractivity contribution in [2.75, 3.05) is 0 Å². The second-order valence-electron chi connectivity index (χ2n) is 16.0. The van der Waals surface area contributed by atoms with Crippen molar-refractivity contribution in [3.63, 3.8) is 0 Å². The van der Waals surface area contributed by atoms with E-state index in [0.29, 0.717) is 17.5 Å². The monoisotopic (exact) mass is 755 g/mol. The number of hydrogen-bond acceptors (Lipinski definition) is 3. The summed E-state index contributed by atoms with van der Waals surface area (Å²) in [6.07, 6.45) is 0. The minimum Gasteiger partial charge on any atom is -0.309 e. The van der Waals surface area contributed by atoms with Gasteiger partial charge in [0.25, 0.3) is 0 Å². The van der Waals surface area contributed by atoms with Gasteiger partial charge in [0.1, 0.15) is 0 Å². The van der Waals surface area contributed by atoms with Crippen LogP contribution in [0.3, 0.4) is 0 Å². The van der Waals surface area contributed by atoms with E-state index in [9.17, 15) is 0 Å². The molecule has 0 saturated heterocycles. The van der Waals surface area contributed by atoms with Crippen LogP contribution in [0.5, 0.6) is 0 Å². The summed E-state index contributed by atoms with van der Waals surface area (Å²) >= 11 is 0. The highest BCUT2D eigenvalue weighted by atomic mass is 15.0. The fraction of sp³-hybridized carbons (Fsp3) is 0.0556. The molecule has 0 N–H and O–H groups in total. The molecule has 0 radical (unpaired) electrons. The van der Waals surface area contributed by atoms with Crippen LogP contribution in [0.15, 0.2) is 188 Å². The Hall–Kier alpha value is -7.63. The third-order valence-electron chi connectivity index (χ3n) is 12.4. The summed E-state index contributed by atoms with van der Waals surface area (Å²) in [5.74, 6) is 1.95. The number of nitrogens with zero attached hydrogens (tertiary/aromatic N) is 5. The lowest BCUT2D eigenvalue weighted by atomic mass is 9.81. The zero-order valence-corrected chi connectivity index (χ0v) is 32.6. The van der Waals surface area contributed by atoms with Crippen molar-refractivity contribution in [2.45, 2.75) is 19.3 Å². The molecular weight excluding hydrogens is 719 g/mol. The van der Waals surface area contributed by atoms with E-state index < -0.39 is 0 Å². The van der Waals surface area contributed by atoms with Crippen molar-refractivity contribution < 1.29 is 0 Å². The Bertz CT molecular complexity index is 3390. The van der Waals surface area contributed by atoms with Crippen molar-refractivity contribution in [1.82, 2.24) is 24.1 Å². The SMILES string of the molecule is CC1(C)c2ccccc2-c2c1cc(-c1nc(-c3ccccc3)nc(-c3ccccc3)n1)c1c3ccccc3n(-c3ccc4c(c3)c3ccccc3n4-c3ccccc3)c21. The molecule has 12 rings (SSSR count). The van der Waals surface area contributed by atoms with Crippen LogP contribution in [0.4, 0.5) is 0 Å². The van der Waals surface area contributed by atoms with Crippen molar-refractivity contribution >= 4 is 43.6 Å². The zero-order chi connectivity index (χ0) is 39.2. The van der Waals surface area contributed by atoms with Crippen molar-refractivity contribution in [3.8, 4) is 56.7 Å². The predicted molar refractivity (Wildman–Crippen MR) is 242 cm³/mol. The van der Waals surface area contributed by atoms with Gasteiger partial charge in [-0.3, -0.25) is 0 Å². The Morgan fingerprint density at radius 3 is 1.63 bits per heavy atom. The minimum absolute atomic E-state index is 0.277. The van der Waals surface area contributed by atoms with Crippen molar-refractivity contribution in [2.24, 2.45) is 0 Å². The number of aromatic nitrogens is 5. The van der Waals surface area contributed by atoms with Gasteiger partial charge in [-0.25, -0.2) is 15.0 Å². The highest BCUT2D eigenvalue weighted by molar-refractivity contribution is 6.21. The minimum atomic E-state index is -0.277. The first-order valence-corrected chi connectivity index (χ1v) is 20.2. The number of rotatable bonds is 5. The van der Waals surface area contributed by atoms with E-state index in [2.05, 4.69) is 175 Å². The molecule has 0 fully saturated rings. The van der Waals surface area contributed by atoms with Crippen LogP contribution in [-0.4, -0.2) is 24.1 Å². The number of fused-ring (bicyclic) bond motifs is 10. The normalized spacial score (nSPS) is 13.1. The van der Waals surface area contributed by atoms with Crippen LogP contribution in [0.2, 0.25) is 0 Å². The predicted octanol–water partition coefficient (Wildman–Crippen LogP) is 13.4. The Morgan fingerprint density at radius 2 is 0.932 bits per heavy atom. The second-order valence-corrected chi connectivity index (χ2v) is 16.0. The van der Waals surface area contributed by atoms with Crippen molar-refractivity contribution in [3.05, 3.63) is 199 Å². The first-order chi connectivity index (χ1) is 29.0. The molecule has 0 aliphatic heterocycles. The van der Waals surface area contributed by atoms with E-state index in [1.165, 1.54) is 44.1 Å². The molecule has 1 aliphatic carbocycles. The molecule has 3 aromatic heterocycles. The molecule has 0 spiro atoms. The highest BCUT2D eigenvalue weighted by Gasteiger charge is 2.39. The number of benzene rings is 8. The fourth-order valence-electron chi connectivity index (χ4n) is 9.65. The molecule has 0 saturated carbocycles. The molecule has 0 bridgehead atoms. The fourth-order valence-corrected chi connectivity index (χ4v) is 9.65. The van der Waals surface area contributed by atoms with Gasteiger partial charge in [0, 0.05) is 60.6 Å². The quantitative estimate of drug-likeness (QED) is 0.176. The lowest BCUT2D eigenvalue weighted by Crippen LogP contribution is -2.15. The largest absolute Gasteiger partial charge is 0.309 e. The third-order valence-corrected chi connectivity index (χ3v) is 12.4. The molecule has 0 amide bonds. The molecule has 8 aromatic carbocycles. The lowest BCUT2D eigenvalue weighted by molar-refractivity contribution is 0.661. The molecule has 11 aromatic rings. The standard InChI is InChI=1S/C54H37N5/c1-54(2)43-27-15-12-25-39(43)49-44(54)33-42(53-56-51(34-18-6-3-7-19-34)55-52(57-53)35-20-8-4-9-21-35)48-40-26-14-17-29-46(40)59(50(48)49)37-30-31-47-41(32-37)38-24-13-16-28-45(38)58(47)36-22-10-5-11-23-36/h3-33H,1-2H3. The molecule has 0 unspecified atom stereocenters. The van der Waals surface area contributed by atoms with E-state index in [1.54, 1.807) is 0 Å². The number of para-hydroxylation sites is 3. The lowest BCUT2D eigenvalue weighted by Gasteiger charge is -2.22. The molecule has 0 atom stereocenters. The van der Waals surface area contributed by atoms with Gasteiger partial charge in [-0.05, 0) is 65.2 Å². The maximum Gasteiger partial charge on any atom is 0.164 e. The van der Waals surface area contributed by atoms with Gasteiger partial charge < -0.3 is 9.13 Å². The Kier molecular flexibility index (Phi) is 7.20. The molecule has 59 heavy (non-hydrogen) atoms. The highest BCUT2D eigenvalue weighted by Crippen LogP contribution is 2.55. The summed E-state index contributed by atoms with van der Waals surface area (Å²) in [4.78, 5) is 15.7. The van der Waals surface area contributed by atoms with Gasteiger partial charge in [0.15, 0.2) is 17.5 Å². The van der Waals surface area contributed by atoms with Crippen LogP contribution < -0.4 is 0 Å². The van der Waals surface area contributed by atoms with Crippen LogP contribution >= 0.6 is 0 Å². The Morgan fingerprint density at radius 1 is 0.390 bits per heavy atom. The van der Waals surface area contributed by atoms with Gasteiger partial charge in [-0.15, -0.1) is 0 Å². The smallest absolute Gasteiger partial charge is 0.164 e. The first-order valence-electron chi connectivity index (χ1n) is 20.2. The zero-order valence-electron chi connectivity index (χ0n) is 32.6. The van der Waals surface area contributed by atoms with E-state index in [0.717, 1.165) is 49.9 Å². The average molecular weight is 756 g/mol. The van der Waals surface area contributed by atoms with E-state index in [-0.39, 0.29) is 5.41 Å². The maximum atomic E-state index is 5.33. The van der Waals surface area contributed by atoms with E-state index in [4.69, 9.17) is 15.0 Å². The Labute approximate surface area is 341 Å². The Balaban J connectivity index is 1.22. The summed E-state index contributed by atoms with van der Waals surface area (Å²) in [6.45, 7) is 4.70. The summed E-state index contributed by atoms with van der Waals surface area (Å²) in [5, 5.41) is 4.71. The van der Waals surface area contributed by atoms with Crippen LogP contribution in [0, 0.1) is 0 Å². The maximum absolute atomic E-state index is 5.33. The van der Waals surface area contributed by atoms with E-state index in [1.807, 2.05) is 36.4 Å². The van der Waals surface area contributed by atoms with Gasteiger partial charge in [0.2, 0.25) is 0 Å². The van der Waals surface area contributed by atoms with Gasteiger partial charge in [0.05, 0.1) is 22.1 Å². The van der Waals surface area contributed by atoms with Crippen LogP contribution in [0.1, 0.15) is 25.0 Å². The van der Waals surface area contributed by atoms with Crippen molar-refractivity contribution in [1.29, 1.82) is 0 Å². The summed E-state index contributed by atoms with van der Waals surface area (Å²) in [5.41, 5.74) is 14.6. The van der Waals surface area contributed by atoms with Crippen LogP contribution in [0.25, 0.3) is 100 Å². The molecule has 5 nitrogen and oxygen atoms in total. The topological polar surface area (TPSA) is 48.5 Å². The molecule has 3 heterocycles. The molecule has 1 aliphatic rings. The summed E-state index contributed by atoms with van der Waals surface area (Å²) in [6, 6.07) is 67.0. The van der Waals surface area contributed by atoms with Crippen LogP contribution in [-0.2, 0) is 5.41 Å². The summed E-state index contributed by atoms with van der Waals surface area (Å²) in [7, 11) is 0. The third kappa shape index (κ3) is 4.95. The average Bonchev–Trinajstić information content (AvgIpc) is 3.90. The molecular formula is C54H37N5. The molecule has 278 valence electrons. The summed E-state index contributed by atoms with van der Waals surface area (Å²) < 4.78 is 4.88.